The number of hydrogen-bond donors (Lipinski definition) is 1. The monoisotopic (exact) mass is 371 g/mol. The molecule has 5 nitrogen and oxygen atoms in total. The van der Waals surface area contributed by atoms with E-state index in [0.29, 0.717) is 12.3 Å². The molecule has 138 valence electrons. The molecular formula is C20H25N3O2S. The van der Waals surface area contributed by atoms with E-state index in [1.165, 1.54) is 18.7 Å². The standard InChI is InChI=1S/C20H25N3O2S/c1-4-15(2)23(13-17-9-11-21-12-10-17)20(25)14-26-19-8-6-5-7-18(19)22-16(3)24/h5-12,15H,4,13-14H2,1-3H3,(H,22,24). The zero-order valence-corrected chi connectivity index (χ0v) is 16.3. The predicted octanol–water partition coefficient (Wildman–Crippen LogP) is 3.96. The average Bonchev–Trinajstić information content (AvgIpc) is 2.65. The molecule has 0 radical (unpaired) electrons. The number of anilines is 1. The van der Waals surface area contributed by atoms with Crippen LogP contribution < -0.4 is 5.32 Å². The lowest BCUT2D eigenvalue weighted by molar-refractivity contribution is -0.131. The molecule has 0 aliphatic carbocycles. The first kappa shape index (κ1) is 20.0. The maximum atomic E-state index is 12.9. The Morgan fingerprint density at radius 2 is 1.88 bits per heavy atom. The van der Waals surface area contributed by atoms with E-state index in [1.54, 1.807) is 12.4 Å². The first-order valence-corrected chi connectivity index (χ1v) is 9.67. The van der Waals surface area contributed by atoms with Gasteiger partial charge in [0.1, 0.15) is 0 Å². The van der Waals surface area contributed by atoms with E-state index in [4.69, 9.17) is 0 Å². The topological polar surface area (TPSA) is 62.3 Å². The fraction of sp³-hybridized carbons (Fsp3) is 0.350. The summed E-state index contributed by atoms with van der Waals surface area (Å²) < 4.78 is 0. The summed E-state index contributed by atoms with van der Waals surface area (Å²) in [5.41, 5.74) is 1.80. The number of carbonyl (C=O) groups is 2. The first-order valence-electron chi connectivity index (χ1n) is 8.69. The number of benzene rings is 1. The van der Waals surface area contributed by atoms with Gasteiger partial charge in [-0.3, -0.25) is 14.6 Å². The van der Waals surface area contributed by atoms with Crippen LogP contribution >= 0.6 is 11.8 Å². The van der Waals surface area contributed by atoms with E-state index in [0.717, 1.165) is 22.6 Å². The van der Waals surface area contributed by atoms with Crippen molar-refractivity contribution in [1.29, 1.82) is 0 Å². The maximum absolute atomic E-state index is 12.9. The third-order valence-corrected chi connectivity index (χ3v) is 5.15. The second-order valence-corrected chi connectivity index (χ2v) is 7.12. The number of nitrogens with one attached hydrogen (secondary N) is 1. The fourth-order valence-electron chi connectivity index (χ4n) is 2.50. The highest BCUT2D eigenvalue weighted by Gasteiger charge is 2.20. The minimum absolute atomic E-state index is 0.0822. The molecule has 1 heterocycles. The van der Waals surface area contributed by atoms with Gasteiger partial charge in [0, 0.05) is 36.8 Å². The smallest absolute Gasteiger partial charge is 0.233 e. The van der Waals surface area contributed by atoms with Crippen LogP contribution in [0.15, 0.2) is 53.7 Å². The zero-order valence-electron chi connectivity index (χ0n) is 15.4. The molecule has 1 aromatic heterocycles. The molecule has 0 aliphatic heterocycles. The Morgan fingerprint density at radius 1 is 1.19 bits per heavy atom. The van der Waals surface area contributed by atoms with E-state index in [1.807, 2.05) is 41.3 Å². The van der Waals surface area contributed by atoms with Gasteiger partial charge < -0.3 is 10.2 Å². The molecule has 0 spiro atoms. The van der Waals surface area contributed by atoms with Gasteiger partial charge in [-0.2, -0.15) is 0 Å². The molecule has 2 aromatic rings. The highest BCUT2D eigenvalue weighted by atomic mass is 32.2. The van der Waals surface area contributed by atoms with Crippen LogP contribution in [0, 0.1) is 0 Å². The normalized spacial score (nSPS) is 11.7. The van der Waals surface area contributed by atoms with Crippen LogP contribution in [-0.2, 0) is 16.1 Å². The van der Waals surface area contributed by atoms with Crippen molar-refractivity contribution >= 4 is 29.3 Å². The van der Waals surface area contributed by atoms with E-state index in [9.17, 15) is 9.59 Å². The summed E-state index contributed by atoms with van der Waals surface area (Å²) in [7, 11) is 0. The van der Waals surface area contributed by atoms with E-state index >= 15 is 0 Å². The Kier molecular flexibility index (Phi) is 7.66. The molecule has 6 heteroatoms. The summed E-state index contributed by atoms with van der Waals surface area (Å²) in [6.45, 7) is 6.20. The van der Waals surface area contributed by atoms with Crippen LogP contribution in [-0.4, -0.2) is 33.5 Å². The molecule has 0 saturated carbocycles. The van der Waals surface area contributed by atoms with Gasteiger partial charge >= 0.3 is 0 Å². The third-order valence-electron chi connectivity index (χ3n) is 4.09. The van der Waals surface area contributed by atoms with Crippen molar-refractivity contribution in [2.24, 2.45) is 0 Å². The van der Waals surface area contributed by atoms with Gasteiger partial charge in [-0.05, 0) is 43.2 Å². The number of para-hydroxylation sites is 1. The quantitative estimate of drug-likeness (QED) is 0.714. The Labute approximate surface area is 159 Å². The third kappa shape index (κ3) is 5.88. The van der Waals surface area contributed by atoms with Crippen LogP contribution in [0.2, 0.25) is 0 Å². The van der Waals surface area contributed by atoms with Crippen LogP contribution in [0.1, 0.15) is 32.8 Å². The Bertz CT molecular complexity index is 737. The molecular weight excluding hydrogens is 346 g/mol. The lowest BCUT2D eigenvalue weighted by Crippen LogP contribution is -2.38. The van der Waals surface area contributed by atoms with Gasteiger partial charge in [0.25, 0.3) is 0 Å². The second kappa shape index (κ2) is 9.97. The number of nitrogens with zero attached hydrogens (tertiary/aromatic N) is 2. The van der Waals surface area contributed by atoms with Gasteiger partial charge in [0.15, 0.2) is 0 Å². The molecule has 0 saturated heterocycles. The van der Waals surface area contributed by atoms with Gasteiger partial charge in [-0.15, -0.1) is 11.8 Å². The number of thioether (sulfide) groups is 1. The number of pyridine rings is 1. The fourth-order valence-corrected chi connectivity index (χ4v) is 3.40. The summed E-state index contributed by atoms with van der Waals surface area (Å²) in [6, 6.07) is 11.6. The summed E-state index contributed by atoms with van der Waals surface area (Å²) in [5, 5.41) is 2.81. The van der Waals surface area contributed by atoms with Crippen LogP contribution in [0.5, 0.6) is 0 Å². The van der Waals surface area contributed by atoms with Crippen molar-refractivity contribution < 1.29 is 9.59 Å². The summed E-state index contributed by atoms with van der Waals surface area (Å²) >= 11 is 1.45. The number of hydrogen-bond acceptors (Lipinski definition) is 4. The lowest BCUT2D eigenvalue weighted by atomic mass is 10.2. The van der Waals surface area contributed by atoms with E-state index in [-0.39, 0.29) is 17.9 Å². The van der Waals surface area contributed by atoms with Gasteiger partial charge in [-0.1, -0.05) is 19.1 Å². The van der Waals surface area contributed by atoms with E-state index in [2.05, 4.69) is 24.1 Å². The zero-order chi connectivity index (χ0) is 18.9. The SMILES string of the molecule is CCC(C)N(Cc1ccncc1)C(=O)CSc1ccccc1NC(C)=O. The largest absolute Gasteiger partial charge is 0.335 e. The van der Waals surface area contributed by atoms with Gasteiger partial charge in [0.05, 0.1) is 11.4 Å². The van der Waals surface area contributed by atoms with E-state index < -0.39 is 0 Å². The Morgan fingerprint density at radius 3 is 2.54 bits per heavy atom. The van der Waals surface area contributed by atoms with Gasteiger partial charge in [-0.25, -0.2) is 0 Å². The van der Waals surface area contributed by atoms with Crippen molar-refractivity contribution in [3.8, 4) is 0 Å². The van der Waals surface area contributed by atoms with Crippen LogP contribution in [0.4, 0.5) is 5.69 Å². The summed E-state index contributed by atoms with van der Waals surface area (Å²) in [4.78, 5) is 31.0. The highest BCUT2D eigenvalue weighted by Crippen LogP contribution is 2.27. The lowest BCUT2D eigenvalue weighted by Gasteiger charge is -2.29. The summed E-state index contributed by atoms with van der Waals surface area (Å²) in [6.07, 6.45) is 4.38. The molecule has 0 aliphatic rings. The second-order valence-electron chi connectivity index (χ2n) is 6.10. The van der Waals surface area contributed by atoms with Crippen molar-refractivity contribution in [2.75, 3.05) is 11.1 Å². The number of carbonyl (C=O) groups excluding carboxylic acids is 2. The molecule has 26 heavy (non-hydrogen) atoms. The minimum Gasteiger partial charge on any atom is -0.335 e. The van der Waals surface area contributed by atoms with Crippen LogP contribution in [0.25, 0.3) is 0 Å². The van der Waals surface area contributed by atoms with Gasteiger partial charge in [0.2, 0.25) is 11.8 Å². The number of aromatic nitrogens is 1. The first-order chi connectivity index (χ1) is 12.5. The molecule has 1 atom stereocenters. The summed E-state index contributed by atoms with van der Waals surface area (Å²) in [5.74, 6) is 0.286. The minimum atomic E-state index is -0.122. The van der Waals surface area contributed by atoms with Crippen LogP contribution in [0.3, 0.4) is 0 Å². The molecule has 1 N–H and O–H groups in total. The van der Waals surface area contributed by atoms with Crippen molar-refractivity contribution in [2.45, 2.75) is 44.7 Å². The molecule has 0 fully saturated rings. The molecule has 1 aromatic carbocycles. The Balaban J connectivity index is 2.07. The average molecular weight is 372 g/mol. The van der Waals surface area contributed by atoms with Crippen molar-refractivity contribution in [3.63, 3.8) is 0 Å². The maximum Gasteiger partial charge on any atom is 0.233 e. The Hall–Kier alpha value is -2.34. The molecule has 2 rings (SSSR count). The molecule has 2 amide bonds. The van der Waals surface area contributed by atoms with Crippen molar-refractivity contribution in [1.82, 2.24) is 9.88 Å². The highest BCUT2D eigenvalue weighted by molar-refractivity contribution is 8.00. The molecule has 1 unspecified atom stereocenters. The number of amides is 2. The number of rotatable bonds is 8. The molecule has 0 bridgehead atoms. The predicted molar refractivity (Wildman–Crippen MR) is 106 cm³/mol. The van der Waals surface area contributed by atoms with Crippen molar-refractivity contribution in [3.05, 3.63) is 54.4 Å².